The molecule has 0 unspecified atom stereocenters. The van der Waals surface area contributed by atoms with Crippen LogP contribution in [-0.4, -0.2) is 22.5 Å². The van der Waals surface area contributed by atoms with Crippen molar-refractivity contribution >= 4 is 40.6 Å². The quantitative estimate of drug-likeness (QED) is 0.415. The van der Waals surface area contributed by atoms with E-state index in [0.717, 1.165) is 23.2 Å². The first-order chi connectivity index (χ1) is 15.5. The molecule has 0 saturated carbocycles. The zero-order chi connectivity index (χ0) is 22.7. The lowest BCUT2D eigenvalue weighted by atomic mass is 10.1. The Balaban J connectivity index is 1.53. The zero-order valence-corrected chi connectivity index (χ0v) is 18.2. The summed E-state index contributed by atoms with van der Waals surface area (Å²) in [6.07, 6.45) is 0.833. The van der Waals surface area contributed by atoms with Crippen LogP contribution in [-0.2, 0) is 11.2 Å². The van der Waals surface area contributed by atoms with Crippen molar-refractivity contribution in [2.45, 2.75) is 18.7 Å². The van der Waals surface area contributed by atoms with Gasteiger partial charge in [-0.2, -0.15) is 0 Å². The third-order valence-electron chi connectivity index (χ3n) is 5.27. The van der Waals surface area contributed by atoms with Gasteiger partial charge in [-0.05, 0) is 41.8 Å². The Morgan fingerprint density at radius 1 is 1.12 bits per heavy atom. The molecule has 1 N–H and O–H groups in total. The molecule has 8 heteroatoms. The normalized spacial score (nSPS) is 15.6. The van der Waals surface area contributed by atoms with Gasteiger partial charge in [-0.15, -0.1) is 11.8 Å². The van der Waals surface area contributed by atoms with Gasteiger partial charge in [0, 0.05) is 29.1 Å². The van der Waals surface area contributed by atoms with Crippen LogP contribution in [0.25, 0.3) is 0 Å². The van der Waals surface area contributed by atoms with Crippen molar-refractivity contribution < 1.29 is 14.5 Å². The van der Waals surface area contributed by atoms with Gasteiger partial charge in [0.2, 0.25) is 5.91 Å². The van der Waals surface area contributed by atoms with Gasteiger partial charge in [0.1, 0.15) is 5.37 Å². The van der Waals surface area contributed by atoms with E-state index in [-0.39, 0.29) is 22.5 Å². The SMILES string of the molecule is CCc1ccccc1N1C(=O)CS[C@H]1c1ccc(NC(=O)c2cccc([N+](=O)[O-])c2)cc1. The number of hydrogen-bond acceptors (Lipinski definition) is 5. The second-order valence-electron chi connectivity index (χ2n) is 7.29. The van der Waals surface area contributed by atoms with Gasteiger partial charge in [0.25, 0.3) is 11.6 Å². The van der Waals surface area contributed by atoms with Gasteiger partial charge in [-0.1, -0.05) is 43.3 Å². The highest BCUT2D eigenvalue weighted by molar-refractivity contribution is 8.00. The molecule has 1 atom stereocenters. The maximum Gasteiger partial charge on any atom is 0.270 e. The number of amides is 2. The van der Waals surface area contributed by atoms with E-state index in [9.17, 15) is 19.7 Å². The van der Waals surface area contributed by atoms with Gasteiger partial charge in [-0.3, -0.25) is 24.6 Å². The maximum atomic E-state index is 12.7. The summed E-state index contributed by atoms with van der Waals surface area (Å²) >= 11 is 1.57. The minimum absolute atomic E-state index is 0.0731. The number of rotatable bonds is 6. The van der Waals surface area contributed by atoms with Crippen LogP contribution in [0.15, 0.2) is 72.8 Å². The monoisotopic (exact) mass is 447 g/mol. The number of hydrogen-bond donors (Lipinski definition) is 1. The summed E-state index contributed by atoms with van der Waals surface area (Å²) in [5.41, 5.74) is 3.65. The fourth-order valence-corrected chi connectivity index (χ4v) is 4.84. The molecule has 0 spiro atoms. The Hall–Kier alpha value is -3.65. The number of carbonyl (C=O) groups is 2. The van der Waals surface area contributed by atoms with Gasteiger partial charge < -0.3 is 5.32 Å². The molecule has 32 heavy (non-hydrogen) atoms. The molecule has 0 aliphatic carbocycles. The van der Waals surface area contributed by atoms with E-state index in [0.29, 0.717) is 11.4 Å². The number of thioether (sulfide) groups is 1. The molecule has 3 aromatic carbocycles. The first kappa shape index (κ1) is 21.6. The number of carbonyl (C=O) groups excluding carboxylic acids is 2. The molecule has 1 saturated heterocycles. The van der Waals surface area contributed by atoms with Crippen LogP contribution in [0.1, 0.15) is 33.8 Å². The van der Waals surface area contributed by atoms with E-state index >= 15 is 0 Å². The number of nitro benzene ring substituents is 1. The second kappa shape index (κ2) is 9.23. The predicted octanol–water partition coefficient (Wildman–Crippen LogP) is 5.19. The standard InChI is InChI=1S/C24H21N3O4S/c1-2-16-6-3-4-9-21(16)26-22(28)15-32-24(26)17-10-12-19(13-11-17)25-23(29)18-7-5-8-20(14-18)27(30)31/h3-14,24H,2,15H2,1H3,(H,25,29)/t24-/m0/s1. The van der Waals surface area contributed by atoms with Gasteiger partial charge in [0.05, 0.1) is 10.7 Å². The molecule has 162 valence electrons. The minimum Gasteiger partial charge on any atom is -0.322 e. The first-order valence-electron chi connectivity index (χ1n) is 10.1. The summed E-state index contributed by atoms with van der Waals surface area (Å²) < 4.78 is 0. The van der Waals surface area contributed by atoms with Gasteiger partial charge >= 0.3 is 0 Å². The molecule has 1 aliphatic rings. The Bertz CT molecular complexity index is 1180. The number of benzene rings is 3. The Morgan fingerprint density at radius 3 is 2.59 bits per heavy atom. The number of para-hydroxylation sites is 1. The molecule has 1 heterocycles. The summed E-state index contributed by atoms with van der Waals surface area (Å²) in [6.45, 7) is 2.07. The Morgan fingerprint density at radius 2 is 1.88 bits per heavy atom. The van der Waals surface area contributed by atoms with Crippen molar-refractivity contribution in [2.24, 2.45) is 0 Å². The molecular weight excluding hydrogens is 426 g/mol. The summed E-state index contributed by atoms with van der Waals surface area (Å²) in [4.78, 5) is 37.4. The lowest BCUT2D eigenvalue weighted by Crippen LogP contribution is -2.28. The highest BCUT2D eigenvalue weighted by Gasteiger charge is 2.34. The molecule has 0 aromatic heterocycles. The van der Waals surface area contributed by atoms with Crippen molar-refractivity contribution in [3.8, 4) is 0 Å². The Kier molecular flexibility index (Phi) is 6.23. The van der Waals surface area contributed by atoms with Crippen molar-refractivity contribution in [3.05, 3.63) is 99.6 Å². The molecule has 1 aliphatic heterocycles. The van der Waals surface area contributed by atoms with Crippen LogP contribution >= 0.6 is 11.8 Å². The molecule has 0 radical (unpaired) electrons. The smallest absolute Gasteiger partial charge is 0.270 e. The molecule has 1 fully saturated rings. The number of non-ortho nitro benzene ring substituents is 1. The number of aryl methyl sites for hydroxylation is 1. The first-order valence-corrected chi connectivity index (χ1v) is 11.2. The highest BCUT2D eigenvalue weighted by Crippen LogP contribution is 2.43. The zero-order valence-electron chi connectivity index (χ0n) is 17.4. The van der Waals surface area contributed by atoms with Crippen LogP contribution in [0.2, 0.25) is 0 Å². The molecule has 0 bridgehead atoms. The van der Waals surface area contributed by atoms with Crippen LogP contribution < -0.4 is 10.2 Å². The average molecular weight is 448 g/mol. The summed E-state index contributed by atoms with van der Waals surface area (Å²) in [6, 6.07) is 20.9. The summed E-state index contributed by atoms with van der Waals surface area (Å²) in [7, 11) is 0. The minimum atomic E-state index is -0.533. The number of nitrogens with zero attached hydrogens (tertiary/aromatic N) is 2. The molecule has 4 rings (SSSR count). The average Bonchev–Trinajstić information content (AvgIpc) is 3.20. The third-order valence-corrected chi connectivity index (χ3v) is 6.49. The second-order valence-corrected chi connectivity index (χ2v) is 8.36. The summed E-state index contributed by atoms with van der Waals surface area (Å²) in [5, 5.41) is 13.6. The van der Waals surface area contributed by atoms with Crippen molar-refractivity contribution in [1.29, 1.82) is 0 Å². The largest absolute Gasteiger partial charge is 0.322 e. The molecule has 7 nitrogen and oxygen atoms in total. The van der Waals surface area contributed by atoms with E-state index < -0.39 is 10.8 Å². The van der Waals surface area contributed by atoms with E-state index in [1.807, 2.05) is 41.3 Å². The predicted molar refractivity (Wildman–Crippen MR) is 126 cm³/mol. The number of anilines is 2. The molecule has 2 amide bonds. The van der Waals surface area contributed by atoms with E-state index in [2.05, 4.69) is 12.2 Å². The van der Waals surface area contributed by atoms with Crippen LogP contribution in [0, 0.1) is 10.1 Å². The van der Waals surface area contributed by atoms with Crippen LogP contribution in [0.3, 0.4) is 0 Å². The van der Waals surface area contributed by atoms with Gasteiger partial charge in [0.15, 0.2) is 0 Å². The Labute approximate surface area is 189 Å². The molecular formula is C24H21N3O4S. The maximum absolute atomic E-state index is 12.7. The highest BCUT2D eigenvalue weighted by atomic mass is 32.2. The fourth-order valence-electron chi connectivity index (χ4n) is 3.67. The van der Waals surface area contributed by atoms with E-state index in [1.54, 1.807) is 23.9 Å². The van der Waals surface area contributed by atoms with Crippen molar-refractivity contribution in [3.63, 3.8) is 0 Å². The third kappa shape index (κ3) is 4.36. The fraction of sp³-hybridized carbons (Fsp3) is 0.167. The van der Waals surface area contributed by atoms with E-state index in [1.165, 1.54) is 24.3 Å². The van der Waals surface area contributed by atoms with Gasteiger partial charge in [-0.25, -0.2) is 0 Å². The lowest BCUT2D eigenvalue weighted by molar-refractivity contribution is -0.384. The lowest BCUT2D eigenvalue weighted by Gasteiger charge is -2.26. The number of nitro groups is 1. The van der Waals surface area contributed by atoms with Crippen LogP contribution in [0.4, 0.5) is 17.1 Å². The number of nitrogens with one attached hydrogen (secondary N) is 1. The topological polar surface area (TPSA) is 92.6 Å². The van der Waals surface area contributed by atoms with Crippen LogP contribution in [0.5, 0.6) is 0 Å². The van der Waals surface area contributed by atoms with E-state index in [4.69, 9.17) is 0 Å². The van der Waals surface area contributed by atoms with Crippen molar-refractivity contribution in [1.82, 2.24) is 0 Å². The molecule has 3 aromatic rings. The van der Waals surface area contributed by atoms with Crippen molar-refractivity contribution in [2.75, 3.05) is 16.0 Å². The summed E-state index contributed by atoms with van der Waals surface area (Å²) in [5.74, 6) is 0.0582.